The van der Waals surface area contributed by atoms with Gasteiger partial charge >= 0.3 is 11.9 Å². The van der Waals surface area contributed by atoms with Gasteiger partial charge in [-0.25, -0.2) is 14.2 Å². The van der Waals surface area contributed by atoms with E-state index in [1.54, 1.807) is 5.38 Å². The number of nitrogens with zero attached hydrogens (tertiary/aromatic N) is 3. The minimum atomic E-state index is -4.71. The van der Waals surface area contributed by atoms with Gasteiger partial charge in [-0.3, -0.25) is 18.7 Å². The molecule has 0 atom stereocenters. The quantitative estimate of drug-likeness (QED) is 0.434. The van der Waals surface area contributed by atoms with Crippen molar-refractivity contribution in [3.8, 4) is 11.3 Å². The topological polar surface area (TPSA) is 86.0 Å². The zero-order chi connectivity index (χ0) is 24.1. The molecular formula is C20H14F4N4O3S2. The Morgan fingerprint density at radius 3 is 2.52 bits per heavy atom. The lowest BCUT2D eigenvalue weighted by Gasteiger charge is -2.08. The van der Waals surface area contributed by atoms with E-state index in [4.69, 9.17) is 0 Å². The summed E-state index contributed by atoms with van der Waals surface area (Å²) < 4.78 is 54.8. The summed E-state index contributed by atoms with van der Waals surface area (Å²) in [6, 6.07) is 2.10. The van der Waals surface area contributed by atoms with Gasteiger partial charge in [0.1, 0.15) is 10.6 Å². The van der Waals surface area contributed by atoms with Crippen molar-refractivity contribution in [2.24, 2.45) is 14.1 Å². The fourth-order valence-electron chi connectivity index (χ4n) is 3.26. The Bertz CT molecular complexity index is 1510. The Kier molecular flexibility index (Phi) is 5.70. The van der Waals surface area contributed by atoms with Gasteiger partial charge in [0.15, 0.2) is 5.13 Å². The minimum absolute atomic E-state index is 0.0742. The van der Waals surface area contributed by atoms with Crippen molar-refractivity contribution in [2.45, 2.75) is 12.6 Å². The molecule has 1 N–H and O–H groups in total. The number of carbonyl (C=O) groups is 1. The average molecular weight is 498 g/mol. The van der Waals surface area contributed by atoms with Crippen LogP contribution in [0.3, 0.4) is 0 Å². The van der Waals surface area contributed by atoms with Crippen LogP contribution in [0.25, 0.3) is 21.5 Å². The summed E-state index contributed by atoms with van der Waals surface area (Å²) >= 11 is 2.12. The second-order valence-electron chi connectivity index (χ2n) is 7.14. The van der Waals surface area contributed by atoms with Crippen LogP contribution in [0.5, 0.6) is 0 Å². The van der Waals surface area contributed by atoms with Gasteiger partial charge in [-0.2, -0.15) is 13.2 Å². The van der Waals surface area contributed by atoms with Gasteiger partial charge in [0, 0.05) is 25.0 Å². The van der Waals surface area contributed by atoms with Gasteiger partial charge in [-0.1, -0.05) is 0 Å². The summed E-state index contributed by atoms with van der Waals surface area (Å²) in [5, 5.41) is 5.92. The maximum absolute atomic E-state index is 13.7. The number of benzene rings is 1. The van der Waals surface area contributed by atoms with Gasteiger partial charge in [-0.05, 0) is 29.1 Å². The third-order valence-corrected chi connectivity index (χ3v) is 6.73. The number of aryl methyl sites for hydroxylation is 1. The van der Waals surface area contributed by atoms with Crippen LogP contribution in [-0.2, 0) is 31.5 Å². The van der Waals surface area contributed by atoms with E-state index in [9.17, 15) is 31.9 Å². The van der Waals surface area contributed by atoms with E-state index in [0.29, 0.717) is 16.5 Å². The van der Waals surface area contributed by atoms with Crippen LogP contribution >= 0.6 is 22.7 Å². The maximum Gasteiger partial charge on any atom is 0.416 e. The molecule has 1 amide bonds. The normalized spacial score (nSPS) is 11.8. The van der Waals surface area contributed by atoms with E-state index in [1.807, 2.05) is 0 Å². The van der Waals surface area contributed by atoms with Gasteiger partial charge in [0.25, 0.3) is 5.56 Å². The van der Waals surface area contributed by atoms with Crippen molar-refractivity contribution < 1.29 is 22.4 Å². The number of hydrogen-bond donors (Lipinski definition) is 1. The molecule has 4 aromatic rings. The van der Waals surface area contributed by atoms with Crippen LogP contribution in [0, 0.1) is 5.82 Å². The predicted molar refractivity (Wildman–Crippen MR) is 117 cm³/mol. The molecule has 172 valence electrons. The molecule has 0 saturated carbocycles. The average Bonchev–Trinajstić information content (AvgIpc) is 3.37. The molecule has 13 heteroatoms. The first kappa shape index (κ1) is 22.9. The van der Waals surface area contributed by atoms with E-state index >= 15 is 0 Å². The van der Waals surface area contributed by atoms with Gasteiger partial charge < -0.3 is 5.32 Å². The summed E-state index contributed by atoms with van der Waals surface area (Å²) in [4.78, 5) is 41.6. The number of alkyl halides is 3. The van der Waals surface area contributed by atoms with Crippen molar-refractivity contribution in [1.82, 2.24) is 14.1 Å². The number of hydrogen-bond acceptors (Lipinski definition) is 6. The fourth-order valence-corrected chi connectivity index (χ4v) is 5.02. The number of fused-ring (bicyclic) bond motifs is 1. The number of thiazole rings is 1. The maximum atomic E-state index is 13.7. The highest BCUT2D eigenvalue weighted by Crippen LogP contribution is 2.34. The first-order chi connectivity index (χ1) is 15.5. The minimum Gasteiger partial charge on any atom is -0.302 e. The number of halogens is 4. The molecular weight excluding hydrogens is 484 g/mol. The van der Waals surface area contributed by atoms with Gasteiger partial charge in [0.2, 0.25) is 5.91 Å². The van der Waals surface area contributed by atoms with Crippen LogP contribution < -0.4 is 16.6 Å². The number of amides is 1. The lowest BCUT2D eigenvalue weighted by atomic mass is 10.1. The summed E-state index contributed by atoms with van der Waals surface area (Å²) in [5.41, 5.74) is -1.71. The van der Waals surface area contributed by atoms with E-state index in [0.717, 1.165) is 39.4 Å². The molecule has 3 aromatic heterocycles. The largest absolute Gasteiger partial charge is 0.416 e. The Hall–Kier alpha value is -3.32. The monoisotopic (exact) mass is 498 g/mol. The summed E-state index contributed by atoms with van der Waals surface area (Å²) in [6.07, 6.45) is -4.89. The van der Waals surface area contributed by atoms with E-state index < -0.39 is 34.7 Å². The zero-order valence-electron chi connectivity index (χ0n) is 17.0. The molecule has 0 aliphatic heterocycles. The van der Waals surface area contributed by atoms with Crippen molar-refractivity contribution >= 4 is 43.9 Å². The molecule has 0 saturated heterocycles. The number of carbonyl (C=O) groups excluding carboxylic acids is 1. The van der Waals surface area contributed by atoms with E-state index in [-0.39, 0.29) is 28.2 Å². The molecule has 0 aliphatic carbocycles. The summed E-state index contributed by atoms with van der Waals surface area (Å²) in [5.74, 6) is -1.57. The van der Waals surface area contributed by atoms with Crippen molar-refractivity contribution in [3.63, 3.8) is 0 Å². The summed E-state index contributed by atoms with van der Waals surface area (Å²) in [7, 11) is 2.87. The first-order valence-corrected chi connectivity index (χ1v) is 11.0. The van der Waals surface area contributed by atoms with Crippen LogP contribution in [0.4, 0.5) is 22.7 Å². The van der Waals surface area contributed by atoms with Gasteiger partial charge in [-0.15, -0.1) is 22.7 Å². The Morgan fingerprint density at radius 2 is 1.82 bits per heavy atom. The third kappa shape index (κ3) is 4.33. The molecule has 33 heavy (non-hydrogen) atoms. The number of thiophene rings is 1. The molecule has 4 rings (SSSR count). The molecule has 3 heterocycles. The molecule has 0 radical (unpaired) electrons. The van der Waals surface area contributed by atoms with Crippen molar-refractivity contribution in [1.29, 1.82) is 0 Å². The second kappa shape index (κ2) is 8.23. The second-order valence-corrected chi connectivity index (χ2v) is 8.85. The highest BCUT2D eigenvalue weighted by atomic mass is 32.1. The molecule has 0 unspecified atom stereocenters. The number of rotatable bonds is 4. The Morgan fingerprint density at radius 1 is 1.09 bits per heavy atom. The smallest absolute Gasteiger partial charge is 0.302 e. The number of anilines is 1. The lowest BCUT2D eigenvalue weighted by Crippen LogP contribution is -2.36. The highest BCUT2D eigenvalue weighted by Gasteiger charge is 2.31. The van der Waals surface area contributed by atoms with Crippen LogP contribution in [0.1, 0.15) is 11.1 Å². The molecule has 0 aliphatic rings. The number of nitrogens with one attached hydrogen (secondary N) is 1. The standard InChI is InChI=1S/C20H14F4N4O3S2/c1-27-16(30)15-10(7-32-17(15)28(2)19(27)31)5-14(29)26-18-25-13(8-33-18)9-3-11(20(22,23)24)6-12(21)4-9/h3-4,6-8H,5H2,1-2H3,(H,25,26,29). The summed E-state index contributed by atoms with van der Waals surface area (Å²) in [6.45, 7) is 0. The Balaban J connectivity index is 1.57. The van der Waals surface area contributed by atoms with E-state index in [2.05, 4.69) is 10.3 Å². The third-order valence-electron chi connectivity index (χ3n) is 4.87. The number of aromatic nitrogens is 3. The molecule has 0 bridgehead atoms. The van der Waals surface area contributed by atoms with Gasteiger partial charge in [0.05, 0.1) is 23.1 Å². The van der Waals surface area contributed by atoms with Crippen LogP contribution in [0.2, 0.25) is 0 Å². The van der Waals surface area contributed by atoms with E-state index in [1.165, 1.54) is 24.0 Å². The SMILES string of the molecule is Cn1c(=O)c2c(CC(=O)Nc3nc(-c4cc(F)cc(C(F)(F)F)c4)cs3)csc2n(C)c1=O. The molecule has 0 fully saturated rings. The fraction of sp³-hybridized carbons (Fsp3) is 0.200. The highest BCUT2D eigenvalue weighted by molar-refractivity contribution is 7.17. The molecule has 7 nitrogen and oxygen atoms in total. The lowest BCUT2D eigenvalue weighted by molar-refractivity contribution is -0.137. The predicted octanol–water partition coefficient (Wildman–Crippen LogP) is 3.76. The molecule has 1 aromatic carbocycles. The van der Waals surface area contributed by atoms with Crippen molar-refractivity contribution in [2.75, 3.05) is 5.32 Å². The van der Waals surface area contributed by atoms with Crippen LogP contribution in [-0.4, -0.2) is 20.0 Å². The van der Waals surface area contributed by atoms with Crippen LogP contribution in [0.15, 0.2) is 38.5 Å². The Labute approximate surface area is 190 Å². The van der Waals surface area contributed by atoms with Crippen molar-refractivity contribution in [3.05, 3.63) is 66.7 Å². The zero-order valence-corrected chi connectivity index (χ0v) is 18.6. The first-order valence-electron chi connectivity index (χ1n) is 9.25. The molecule has 0 spiro atoms.